The topological polar surface area (TPSA) is 103 Å². The molecule has 0 aliphatic rings. The summed E-state index contributed by atoms with van der Waals surface area (Å²) in [6.07, 6.45) is 21.2. The third kappa shape index (κ3) is 34.4. The standard InChI is InChI=1S/2C9H13N.3C8H12N2.5C2H6/c1-9(2,3)8-4-6-10-7-5-8;1-9(2,3)8-5-4-6-10-7-8;1-8(2,3)7-4-9-6-10-5-7;1-8(2,3)7-6-9-4-5-10-7;1-8(2,3)7-4-5-9-6-10-7;5*1-2/h2*4-7H,1-3H3;3*4-6H,1-3H3;5*1-2H3. The molecule has 5 rings (SSSR count). The molecule has 0 aliphatic heterocycles. The minimum atomic E-state index is 0.119. The van der Waals surface area contributed by atoms with Crippen LogP contribution in [-0.2, 0) is 27.1 Å². The second-order valence-corrected chi connectivity index (χ2v) is 17.0. The van der Waals surface area contributed by atoms with Crippen LogP contribution < -0.4 is 0 Å². The first kappa shape index (κ1) is 64.7. The van der Waals surface area contributed by atoms with Crippen molar-refractivity contribution < 1.29 is 0 Å². The van der Waals surface area contributed by atoms with Crippen LogP contribution in [0.5, 0.6) is 0 Å². The van der Waals surface area contributed by atoms with E-state index in [4.69, 9.17) is 0 Å². The highest BCUT2D eigenvalue weighted by Gasteiger charge is 2.16. The summed E-state index contributed by atoms with van der Waals surface area (Å²) in [5.74, 6) is 0. The van der Waals surface area contributed by atoms with Crippen LogP contribution in [0.1, 0.15) is 201 Å². The highest BCUT2D eigenvalue weighted by Crippen LogP contribution is 2.22. The second-order valence-electron chi connectivity index (χ2n) is 17.0. The average molecular weight is 829 g/mol. The lowest BCUT2D eigenvalue weighted by Gasteiger charge is -2.17. The molecule has 0 fully saturated rings. The summed E-state index contributed by atoms with van der Waals surface area (Å²) in [6.45, 7) is 52.3. The van der Waals surface area contributed by atoms with E-state index in [9.17, 15) is 0 Å². The van der Waals surface area contributed by atoms with Gasteiger partial charge < -0.3 is 0 Å². The quantitative estimate of drug-likeness (QED) is 0.152. The van der Waals surface area contributed by atoms with E-state index in [1.54, 1.807) is 43.6 Å². The molecule has 5 aromatic rings. The largest absolute Gasteiger partial charge is 0.265 e. The Morgan fingerprint density at radius 2 is 0.700 bits per heavy atom. The van der Waals surface area contributed by atoms with Gasteiger partial charge in [0, 0.05) is 78.5 Å². The van der Waals surface area contributed by atoms with Crippen molar-refractivity contribution in [3.05, 3.63) is 133 Å². The third-order valence-corrected chi connectivity index (χ3v) is 7.18. The van der Waals surface area contributed by atoms with Crippen LogP contribution in [0, 0.1) is 0 Å². The first-order valence-electron chi connectivity index (χ1n) is 22.1. The van der Waals surface area contributed by atoms with Gasteiger partial charge in [-0.3, -0.25) is 19.9 Å². The zero-order valence-electron chi connectivity index (χ0n) is 43.4. The third-order valence-electron chi connectivity index (χ3n) is 7.18. The molecule has 0 atom stereocenters. The minimum Gasteiger partial charge on any atom is -0.265 e. The fourth-order valence-electron chi connectivity index (χ4n) is 3.77. The van der Waals surface area contributed by atoms with Crippen LogP contribution in [-0.4, -0.2) is 39.9 Å². The van der Waals surface area contributed by atoms with Gasteiger partial charge in [0.25, 0.3) is 0 Å². The summed E-state index contributed by atoms with van der Waals surface area (Å²) >= 11 is 0. The van der Waals surface area contributed by atoms with Gasteiger partial charge in [-0.1, -0.05) is 179 Å². The van der Waals surface area contributed by atoms with E-state index in [1.165, 1.54) is 16.7 Å². The maximum absolute atomic E-state index is 4.19. The normalized spacial score (nSPS) is 10.1. The van der Waals surface area contributed by atoms with Gasteiger partial charge in [-0.15, -0.1) is 0 Å². The number of aromatic nitrogens is 8. The van der Waals surface area contributed by atoms with Gasteiger partial charge in [0.15, 0.2) is 0 Å². The van der Waals surface area contributed by atoms with E-state index in [2.05, 4.69) is 162 Å². The Kier molecular flexibility index (Phi) is 39.2. The molecule has 60 heavy (non-hydrogen) atoms. The summed E-state index contributed by atoms with van der Waals surface area (Å²) in [7, 11) is 0. The second kappa shape index (κ2) is 36.4. The Balaban J connectivity index is -0.000000199. The van der Waals surface area contributed by atoms with E-state index in [0.29, 0.717) is 0 Å². The zero-order valence-corrected chi connectivity index (χ0v) is 43.4. The van der Waals surface area contributed by atoms with Crippen molar-refractivity contribution in [3.63, 3.8) is 0 Å². The molecule has 0 N–H and O–H groups in total. The summed E-state index contributed by atoms with van der Waals surface area (Å²) in [4.78, 5) is 32.1. The first-order valence-corrected chi connectivity index (χ1v) is 22.1. The molecule has 0 saturated carbocycles. The summed E-state index contributed by atoms with van der Waals surface area (Å²) < 4.78 is 0. The van der Waals surface area contributed by atoms with Crippen LogP contribution in [0.3, 0.4) is 0 Å². The van der Waals surface area contributed by atoms with E-state index < -0.39 is 0 Å². The van der Waals surface area contributed by atoms with Crippen molar-refractivity contribution in [1.82, 2.24) is 39.9 Å². The van der Waals surface area contributed by atoms with Crippen molar-refractivity contribution in [2.75, 3.05) is 0 Å². The predicted molar refractivity (Wildman–Crippen MR) is 265 cm³/mol. The molecule has 8 nitrogen and oxygen atoms in total. The molecule has 8 heteroatoms. The van der Waals surface area contributed by atoms with Gasteiger partial charge >= 0.3 is 0 Å². The smallest absolute Gasteiger partial charge is 0.115 e. The molecule has 0 unspecified atom stereocenters. The van der Waals surface area contributed by atoms with Crippen LogP contribution in [0.15, 0.2) is 105 Å². The summed E-state index contributed by atoms with van der Waals surface area (Å²) in [5.41, 5.74) is 6.83. The maximum Gasteiger partial charge on any atom is 0.115 e. The van der Waals surface area contributed by atoms with Crippen LogP contribution >= 0.6 is 0 Å². The summed E-state index contributed by atoms with van der Waals surface area (Å²) in [6, 6.07) is 10.1. The lowest BCUT2D eigenvalue weighted by atomic mass is 9.88. The lowest BCUT2D eigenvalue weighted by Crippen LogP contribution is -2.13. The SMILES string of the molecule is CC.CC.CC.CC.CC.CC(C)(C)c1cccnc1.CC(C)(C)c1ccncc1.CC(C)(C)c1ccncn1.CC(C)(C)c1cnccn1.CC(C)(C)c1cncnc1. The number of nitrogens with zero attached hydrogens (tertiary/aromatic N) is 8. The van der Waals surface area contributed by atoms with Gasteiger partial charge in [-0.2, -0.15) is 0 Å². The summed E-state index contributed by atoms with van der Waals surface area (Å²) in [5, 5.41) is 0. The van der Waals surface area contributed by atoms with Gasteiger partial charge in [0.2, 0.25) is 0 Å². The average Bonchev–Trinajstić information content (AvgIpc) is 3.25. The van der Waals surface area contributed by atoms with Crippen molar-refractivity contribution in [2.24, 2.45) is 0 Å². The highest BCUT2D eigenvalue weighted by atomic mass is 14.8. The predicted octanol–water partition coefficient (Wildman–Crippen LogP) is 15.2. The van der Waals surface area contributed by atoms with Gasteiger partial charge in [-0.25, -0.2) is 19.9 Å². The molecule has 0 saturated heterocycles. The first-order chi connectivity index (χ1) is 28.0. The Bertz CT molecular complexity index is 1280. The molecule has 0 radical (unpaired) electrons. The minimum absolute atomic E-state index is 0.119. The Hall–Kier alpha value is -4.46. The Morgan fingerprint density at radius 1 is 0.283 bits per heavy atom. The number of rotatable bonds is 0. The van der Waals surface area contributed by atoms with E-state index in [0.717, 1.165) is 11.4 Å². The number of hydrogen-bond acceptors (Lipinski definition) is 8. The molecule has 5 aromatic heterocycles. The van der Waals surface area contributed by atoms with Crippen LogP contribution in [0.25, 0.3) is 0 Å². The number of hydrogen-bond donors (Lipinski definition) is 0. The fraction of sp³-hybridized carbons (Fsp3) is 0.577. The van der Waals surface area contributed by atoms with Crippen molar-refractivity contribution in [2.45, 2.75) is 200 Å². The van der Waals surface area contributed by atoms with Crippen LogP contribution in [0.4, 0.5) is 0 Å². The molecule has 0 aliphatic carbocycles. The molecule has 340 valence electrons. The molecular formula is C52H92N8. The number of pyridine rings is 2. The van der Waals surface area contributed by atoms with Crippen molar-refractivity contribution in [1.29, 1.82) is 0 Å². The molecule has 5 heterocycles. The zero-order chi connectivity index (χ0) is 48.1. The monoisotopic (exact) mass is 829 g/mol. The molecule has 0 bridgehead atoms. The van der Waals surface area contributed by atoms with Gasteiger partial charge in [0.1, 0.15) is 12.7 Å². The maximum atomic E-state index is 4.19. The van der Waals surface area contributed by atoms with Gasteiger partial charge in [-0.05, 0) is 57.2 Å². The molecular weight excluding hydrogens is 737 g/mol. The lowest BCUT2D eigenvalue weighted by molar-refractivity contribution is 0.565. The van der Waals surface area contributed by atoms with Gasteiger partial charge in [0.05, 0.1) is 5.69 Å². The fourth-order valence-corrected chi connectivity index (χ4v) is 3.77. The van der Waals surface area contributed by atoms with E-state index in [-0.39, 0.29) is 27.1 Å². The molecule has 0 aromatic carbocycles. The van der Waals surface area contributed by atoms with E-state index in [1.807, 2.05) is 112 Å². The van der Waals surface area contributed by atoms with Crippen molar-refractivity contribution >= 4 is 0 Å². The molecule has 0 spiro atoms. The molecule has 0 amide bonds. The highest BCUT2D eigenvalue weighted by molar-refractivity contribution is 5.19. The Morgan fingerprint density at radius 3 is 0.950 bits per heavy atom. The van der Waals surface area contributed by atoms with Crippen LogP contribution in [0.2, 0.25) is 0 Å². The van der Waals surface area contributed by atoms with Crippen molar-refractivity contribution in [3.8, 4) is 0 Å². The Labute approximate surface area is 371 Å². The van der Waals surface area contributed by atoms with E-state index >= 15 is 0 Å².